The lowest BCUT2D eigenvalue weighted by molar-refractivity contribution is -0.146. The maximum atomic E-state index is 14.4. The molecule has 1 heterocycles. The van der Waals surface area contributed by atoms with Gasteiger partial charge in [0.25, 0.3) is 0 Å². The molecule has 1 saturated heterocycles. The van der Waals surface area contributed by atoms with Gasteiger partial charge in [-0.05, 0) is 83.5 Å². The SMILES string of the molecule is CC(C)C[C@@H]1NC(=O)[C@H](Cc2ccc(OC(=O)OCc3ccccc3Br)cc2)N[C@@H](CNC(=O)OCC2c3ccccc3-c3ccccc32)CCN(CC(=O)O)C(=O)[C@H](CC(C)C)NC1=O. The molecule has 0 saturated carbocycles. The molecule has 16 heteroatoms. The number of hydrogen-bond acceptors (Lipinski definition) is 10. The number of nitrogens with one attached hydrogen (secondary N) is 4. The Balaban J connectivity index is 1.23. The molecule has 350 valence electrons. The largest absolute Gasteiger partial charge is 0.514 e. The van der Waals surface area contributed by atoms with Crippen LogP contribution in [0.3, 0.4) is 0 Å². The normalized spacial score (nSPS) is 19.1. The minimum Gasteiger partial charge on any atom is -0.480 e. The Bertz CT molecular complexity index is 2310. The Morgan fingerprint density at radius 2 is 1.36 bits per heavy atom. The first-order valence-corrected chi connectivity index (χ1v) is 23.1. The minimum atomic E-state index is -1.24. The number of ether oxygens (including phenoxy) is 3. The zero-order chi connectivity index (χ0) is 47.3. The van der Waals surface area contributed by atoms with Crippen LogP contribution in [0.15, 0.2) is 102 Å². The highest BCUT2D eigenvalue weighted by molar-refractivity contribution is 9.10. The third kappa shape index (κ3) is 13.6. The standard InChI is InChI=1S/C50H58BrN5O10/c1-30(2)23-42-46(59)55-44(24-31(3)4)48(61)56(27-45(57)58)22-21-34(26-52-49(62)64-29-40-38-14-8-6-12-36(38)37-13-7-9-15-39(37)40)53-43(47(60)54-42)25-32-17-19-35(20-18-32)66-50(63)65-28-33-11-5-10-16-41(33)51/h5-20,30-31,34,40,42-44,53H,21-29H2,1-4H3,(H,52,62)(H,54,60)(H,55,59)(H,57,58)/t34-,42+,43+,44+/m1/s1. The molecule has 0 spiro atoms. The van der Waals surface area contributed by atoms with Crippen molar-refractivity contribution in [2.75, 3.05) is 26.2 Å². The van der Waals surface area contributed by atoms with Crippen LogP contribution >= 0.6 is 15.9 Å². The predicted octanol–water partition coefficient (Wildman–Crippen LogP) is 6.95. The first kappa shape index (κ1) is 49.2. The van der Waals surface area contributed by atoms with E-state index in [9.17, 15) is 33.9 Å². The second-order valence-electron chi connectivity index (χ2n) is 17.5. The average Bonchev–Trinajstić information content (AvgIpc) is 3.60. The van der Waals surface area contributed by atoms with Crippen LogP contribution in [0.25, 0.3) is 11.1 Å². The van der Waals surface area contributed by atoms with Crippen molar-refractivity contribution in [3.8, 4) is 16.9 Å². The highest BCUT2D eigenvalue weighted by atomic mass is 79.9. The van der Waals surface area contributed by atoms with Crippen molar-refractivity contribution in [1.82, 2.24) is 26.2 Å². The van der Waals surface area contributed by atoms with Crippen LogP contribution in [-0.4, -0.2) is 96.4 Å². The topological polar surface area (TPSA) is 202 Å². The second kappa shape index (κ2) is 23.3. The monoisotopic (exact) mass is 967 g/mol. The summed E-state index contributed by atoms with van der Waals surface area (Å²) in [5, 5.41) is 21.9. The molecule has 4 aromatic carbocycles. The summed E-state index contributed by atoms with van der Waals surface area (Å²) in [5.41, 5.74) is 5.70. The van der Waals surface area contributed by atoms with E-state index in [-0.39, 0.29) is 75.5 Å². The van der Waals surface area contributed by atoms with Crippen molar-refractivity contribution in [3.63, 3.8) is 0 Å². The Kier molecular flexibility index (Phi) is 17.3. The van der Waals surface area contributed by atoms with Crippen molar-refractivity contribution in [2.45, 2.75) is 90.1 Å². The number of carbonyl (C=O) groups excluding carboxylic acids is 5. The van der Waals surface area contributed by atoms with E-state index in [1.165, 1.54) is 4.90 Å². The van der Waals surface area contributed by atoms with Crippen LogP contribution in [-0.2, 0) is 41.7 Å². The van der Waals surface area contributed by atoms with E-state index >= 15 is 0 Å². The van der Waals surface area contributed by atoms with Gasteiger partial charge in [0.1, 0.15) is 37.6 Å². The van der Waals surface area contributed by atoms with Crippen molar-refractivity contribution in [2.24, 2.45) is 11.8 Å². The van der Waals surface area contributed by atoms with Crippen molar-refractivity contribution in [3.05, 3.63) is 124 Å². The summed E-state index contributed by atoms with van der Waals surface area (Å²) in [6.07, 6.45) is -0.916. The molecular formula is C50H58BrN5O10. The number of fused-ring (bicyclic) bond motifs is 3. The lowest BCUT2D eigenvalue weighted by Gasteiger charge is -2.30. The van der Waals surface area contributed by atoms with Crippen LogP contribution < -0.4 is 26.0 Å². The van der Waals surface area contributed by atoms with Gasteiger partial charge >= 0.3 is 18.2 Å². The second-order valence-corrected chi connectivity index (χ2v) is 18.4. The summed E-state index contributed by atoms with van der Waals surface area (Å²) in [4.78, 5) is 82.0. The smallest absolute Gasteiger partial charge is 0.480 e. The van der Waals surface area contributed by atoms with Crippen LogP contribution in [0.4, 0.5) is 9.59 Å². The summed E-state index contributed by atoms with van der Waals surface area (Å²) >= 11 is 3.43. The quantitative estimate of drug-likeness (QED) is 0.0610. The number of carboxylic acid groups (broad SMARTS) is 1. The third-order valence-electron chi connectivity index (χ3n) is 11.5. The molecule has 1 aliphatic heterocycles. The molecule has 4 aromatic rings. The highest BCUT2D eigenvalue weighted by Crippen LogP contribution is 2.44. The number of hydrogen-bond donors (Lipinski definition) is 5. The fourth-order valence-corrected chi connectivity index (χ4v) is 8.72. The van der Waals surface area contributed by atoms with Gasteiger partial charge in [0.15, 0.2) is 0 Å². The van der Waals surface area contributed by atoms with Gasteiger partial charge in [-0.25, -0.2) is 9.59 Å². The summed E-state index contributed by atoms with van der Waals surface area (Å²) in [5.74, 6) is -2.91. The molecule has 15 nitrogen and oxygen atoms in total. The van der Waals surface area contributed by atoms with Crippen molar-refractivity contribution < 1.29 is 48.1 Å². The molecule has 66 heavy (non-hydrogen) atoms. The molecule has 1 fully saturated rings. The molecular weight excluding hydrogens is 910 g/mol. The lowest BCUT2D eigenvalue weighted by Crippen LogP contribution is -2.58. The number of alkyl carbamates (subject to hydrolysis) is 1. The maximum Gasteiger partial charge on any atom is 0.514 e. The summed E-state index contributed by atoms with van der Waals surface area (Å²) in [6.45, 7) is 6.90. The highest BCUT2D eigenvalue weighted by Gasteiger charge is 2.35. The summed E-state index contributed by atoms with van der Waals surface area (Å²) in [7, 11) is 0. The first-order chi connectivity index (χ1) is 31.6. The Labute approximate surface area is 393 Å². The van der Waals surface area contributed by atoms with E-state index in [0.717, 1.165) is 32.3 Å². The van der Waals surface area contributed by atoms with Gasteiger partial charge in [0.05, 0.1) is 6.04 Å². The number of nitrogens with zero attached hydrogens (tertiary/aromatic N) is 1. The van der Waals surface area contributed by atoms with E-state index in [1.807, 2.05) is 100 Å². The molecule has 0 bridgehead atoms. The maximum absolute atomic E-state index is 14.4. The lowest BCUT2D eigenvalue weighted by atomic mass is 9.98. The van der Waals surface area contributed by atoms with Crippen LogP contribution in [0, 0.1) is 11.8 Å². The number of amides is 4. The van der Waals surface area contributed by atoms with Gasteiger partial charge in [0, 0.05) is 35.1 Å². The molecule has 4 amide bonds. The first-order valence-electron chi connectivity index (χ1n) is 22.3. The van der Waals surface area contributed by atoms with Crippen LogP contribution in [0.1, 0.15) is 75.1 Å². The van der Waals surface area contributed by atoms with Gasteiger partial charge in [-0.1, -0.05) is 122 Å². The van der Waals surface area contributed by atoms with E-state index in [1.54, 1.807) is 24.3 Å². The number of aliphatic carboxylic acids is 1. The number of rotatable bonds is 15. The molecule has 0 unspecified atom stereocenters. The third-order valence-corrected chi connectivity index (χ3v) is 12.3. The predicted molar refractivity (Wildman–Crippen MR) is 250 cm³/mol. The van der Waals surface area contributed by atoms with E-state index in [0.29, 0.717) is 5.56 Å². The molecule has 6 rings (SSSR count). The van der Waals surface area contributed by atoms with E-state index in [4.69, 9.17) is 14.2 Å². The average molecular weight is 969 g/mol. The number of halogens is 1. The van der Waals surface area contributed by atoms with Gasteiger partial charge in [-0.2, -0.15) is 0 Å². The molecule has 2 aliphatic rings. The summed E-state index contributed by atoms with van der Waals surface area (Å²) < 4.78 is 17.3. The van der Waals surface area contributed by atoms with E-state index in [2.05, 4.69) is 37.2 Å². The van der Waals surface area contributed by atoms with Crippen LogP contribution in [0.5, 0.6) is 5.75 Å². The Morgan fingerprint density at radius 1 is 0.773 bits per heavy atom. The van der Waals surface area contributed by atoms with Gasteiger partial charge < -0.3 is 45.5 Å². The zero-order valence-corrected chi connectivity index (χ0v) is 39.2. The summed E-state index contributed by atoms with van der Waals surface area (Å²) in [6, 6.07) is 26.1. The molecule has 0 aromatic heterocycles. The molecule has 5 N–H and O–H groups in total. The van der Waals surface area contributed by atoms with E-state index < -0.39 is 66.7 Å². The fraction of sp³-hybridized carbons (Fsp3) is 0.400. The number of carboxylic acids is 1. The fourth-order valence-electron chi connectivity index (χ4n) is 8.32. The number of benzene rings is 4. The minimum absolute atomic E-state index is 0.00540. The Hall–Kier alpha value is -6.26. The Morgan fingerprint density at radius 3 is 2.00 bits per heavy atom. The molecule has 1 aliphatic carbocycles. The molecule has 0 radical (unpaired) electrons. The van der Waals surface area contributed by atoms with Gasteiger partial charge in [-0.3, -0.25) is 19.2 Å². The molecule has 4 atom stereocenters. The zero-order valence-electron chi connectivity index (χ0n) is 37.6. The van der Waals surface area contributed by atoms with Crippen molar-refractivity contribution in [1.29, 1.82) is 0 Å². The van der Waals surface area contributed by atoms with Gasteiger partial charge in [-0.15, -0.1) is 0 Å². The number of carbonyl (C=O) groups is 6. The van der Waals surface area contributed by atoms with Gasteiger partial charge in [0.2, 0.25) is 17.7 Å². The van der Waals surface area contributed by atoms with Crippen LogP contribution in [0.2, 0.25) is 0 Å². The van der Waals surface area contributed by atoms with Crippen molar-refractivity contribution >= 4 is 51.9 Å².